The summed E-state index contributed by atoms with van der Waals surface area (Å²) in [6.45, 7) is 1.10. The molecule has 2 atom stereocenters. The van der Waals surface area contributed by atoms with Crippen LogP contribution < -0.4 is 10.5 Å². The minimum Gasteiger partial charge on any atom is -0.392 e. The molecule has 4 N–H and O–H groups in total. The van der Waals surface area contributed by atoms with Crippen LogP contribution in [0.25, 0.3) is 0 Å². The van der Waals surface area contributed by atoms with Gasteiger partial charge in [-0.05, 0) is 25.1 Å². The zero-order valence-corrected chi connectivity index (χ0v) is 11.4. The van der Waals surface area contributed by atoms with Gasteiger partial charge in [-0.25, -0.2) is 13.1 Å². The van der Waals surface area contributed by atoms with Crippen LogP contribution in [0.15, 0.2) is 29.2 Å². The van der Waals surface area contributed by atoms with Gasteiger partial charge in [0.1, 0.15) is 0 Å². The second kappa shape index (κ2) is 6.08. The third kappa shape index (κ3) is 4.44. The highest BCUT2D eigenvalue weighted by molar-refractivity contribution is 7.89. The predicted molar refractivity (Wildman–Crippen MR) is 66.3 cm³/mol. The minimum absolute atomic E-state index is 0.282. The Hall–Kier alpha value is -1.16. The average molecular weight is 312 g/mol. The van der Waals surface area contributed by atoms with Crippen molar-refractivity contribution in [1.29, 1.82) is 0 Å². The van der Waals surface area contributed by atoms with E-state index in [9.17, 15) is 21.6 Å². The van der Waals surface area contributed by atoms with Gasteiger partial charge in [-0.15, -0.1) is 0 Å². The van der Waals surface area contributed by atoms with Crippen molar-refractivity contribution in [1.82, 2.24) is 4.72 Å². The lowest BCUT2D eigenvalue weighted by Crippen LogP contribution is -2.43. The molecule has 1 rings (SSSR count). The number of hydrogen-bond acceptors (Lipinski definition) is 4. The first-order valence-electron chi connectivity index (χ1n) is 5.64. The molecule has 0 heterocycles. The van der Waals surface area contributed by atoms with Crippen LogP contribution in [0.5, 0.6) is 0 Å². The standard InChI is InChI=1S/C11H15F3N2O3S/c1-7(17)10(15)6-16-20(18,19)9-4-2-3-8(5-9)11(12,13)14/h2-5,7,10,16-17H,6,15H2,1H3. The number of aliphatic hydroxyl groups excluding tert-OH is 1. The zero-order valence-electron chi connectivity index (χ0n) is 10.6. The lowest BCUT2D eigenvalue weighted by molar-refractivity contribution is -0.137. The normalized spacial score (nSPS) is 15.9. The number of rotatable bonds is 5. The third-order valence-electron chi connectivity index (χ3n) is 2.60. The van der Waals surface area contributed by atoms with Crippen LogP contribution >= 0.6 is 0 Å². The number of sulfonamides is 1. The van der Waals surface area contributed by atoms with Gasteiger partial charge < -0.3 is 10.8 Å². The monoisotopic (exact) mass is 312 g/mol. The molecule has 0 saturated heterocycles. The summed E-state index contributed by atoms with van der Waals surface area (Å²) in [5.74, 6) is 0. The van der Waals surface area contributed by atoms with Crippen molar-refractivity contribution in [2.45, 2.75) is 30.1 Å². The van der Waals surface area contributed by atoms with E-state index in [1.807, 2.05) is 0 Å². The Morgan fingerprint density at radius 1 is 1.40 bits per heavy atom. The van der Waals surface area contributed by atoms with E-state index < -0.39 is 38.8 Å². The number of hydrogen-bond donors (Lipinski definition) is 3. The Kier molecular flexibility index (Phi) is 5.14. The van der Waals surface area contributed by atoms with E-state index in [0.717, 1.165) is 18.2 Å². The molecule has 0 aliphatic rings. The van der Waals surface area contributed by atoms with Crippen LogP contribution in [0.3, 0.4) is 0 Å². The summed E-state index contributed by atoms with van der Waals surface area (Å²) in [4.78, 5) is -0.509. The molecule has 0 aromatic heterocycles. The fourth-order valence-electron chi connectivity index (χ4n) is 1.30. The molecule has 0 aliphatic heterocycles. The van der Waals surface area contributed by atoms with Gasteiger partial charge in [0.25, 0.3) is 0 Å². The summed E-state index contributed by atoms with van der Waals surface area (Å²) >= 11 is 0. The molecule has 20 heavy (non-hydrogen) atoms. The summed E-state index contributed by atoms with van der Waals surface area (Å²) in [6.07, 6.45) is -5.57. The number of nitrogens with one attached hydrogen (secondary N) is 1. The second-order valence-corrected chi connectivity index (χ2v) is 6.05. The molecule has 0 saturated carbocycles. The van der Waals surface area contributed by atoms with Gasteiger partial charge in [-0.2, -0.15) is 13.2 Å². The fourth-order valence-corrected chi connectivity index (χ4v) is 2.42. The predicted octanol–water partition coefficient (Wildman–Crippen LogP) is 0.692. The van der Waals surface area contributed by atoms with Crippen molar-refractivity contribution in [3.8, 4) is 0 Å². The van der Waals surface area contributed by atoms with Crippen molar-refractivity contribution < 1.29 is 26.7 Å². The van der Waals surface area contributed by atoms with Crippen LogP contribution in [0.2, 0.25) is 0 Å². The first-order chi connectivity index (χ1) is 9.04. The van der Waals surface area contributed by atoms with Crippen LogP contribution in [0.4, 0.5) is 13.2 Å². The first kappa shape index (κ1) is 16.9. The van der Waals surface area contributed by atoms with Gasteiger partial charge >= 0.3 is 6.18 Å². The van der Waals surface area contributed by atoms with Gasteiger partial charge in [0.15, 0.2) is 0 Å². The molecule has 0 radical (unpaired) electrons. The molecular weight excluding hydrogens is 297 g/mol. The third-order valence-corrected chi connectivity index (χ3v) is 4.02. The average Bonchev–Trinajstić information content (AvgIpc) is 2.35. The van der Waals surface area contributed by atoms with E-state index in [1.165, 1.54) is 6.92 Å². The smallest absolute Gasteiger partial charge is 0.392 e. The Morgan fingerprint density at radius 2 is 2.00 bits per heavy atom. The topological polar surface area (TPSA) is 92.4 Å². The maximum Gasteiger partial charge on any atom is 0.416 e. The highest BCUT2D eigenvalue weighted by atomic mass is 32.2. The molecule has 5 nitrogen and oxygen atoms in total. The molecule has 0 bridgehead atoms. The van der Waals surface area contributed by atoms with Gasteiger partial charge in [0.05, 0.1) is 16.6 Å². The summed E-state index contributed by atoms with van der Waals surface area (Å²) in [5.41, 5.74) is 4.39. The van der Waals surface area contributed by atoms with Crippen molar-refractivity contribution >= 4 is 10.0 Å². The SMILES string of the molecule is CC(O)C(N)CNS(=O)(=O)c1cccc(C(F)(F)F)c1. The van der Waals surface area contributed by atoms with Crippen LogP contribution in [-0.4, -0.2) is 32.2 Å². The van der Waals surface area contributed by atoms with Crippen molar-refractivity contribution in [3.05, 3.63) is 29.8 Å². The number of benzene rings is 1. The highest BCUT2D eigenvalue weighted by Gasteiger charge is 2.31. The van der Waals surface area contributed by atoms with Gasteiger partial charge in [0, 0.05) is 12.6 Å². The van der Waals surface area contributed by atoms with Crippen LogP contribution in [-0.2, 0) is 16.2 Å². The Bertz CT molecular complexity index is 558. The van der Waals surface area contributed by atoms with Gasteiger partial charge in [-0.1, -0.05) is 6.07 Å². The number of alkyl halides is 3. The molecule has 0 fully saturated rings. The van der Waals surface area contributed by atoms with Gasteiger partial charge in [0.2, 0.25) is 10.0 Å². The minimum atomic E-state index is -4.62. The maximum absolute atomic E-state index is 12.5. The Morgan fingerprint density at radius 3 is 2.50 bits per heavy atom. The molecule has 114 valence electrons. The lowest BCUT2D eigenvalue weighted by atomic mass is 10.2. The van der Waals surface area contributed by atoms with E-state index in [0.29, 0.717) is 6.07 Å². The van der Waals surface area contributed by atoms with Crippen LogP contribution in [0, 0.1) is 0 Å². The molecule has 9 heteroatoms. The second-order valence-electron chi connectivity index (χ2n) is 4.28. The molecular formula is C11H15F3N2O3S. The summed E-state index contributed by atoms with van der Waals surface area (Å²) < 4.78 is 63.2. The van der Waals surface area contributed by atoms with E-state index >= 15 is 0 Å². The molecule has 2 unspecified atom stereocenters. The van der Waals surface area contributed by atoms with Crippen LogP contribution in [0.1, 0.15) is 12.5 Å². The number of aliphatic hydroxyl groups is 1. The van der Waals surface area contributed by atoms with Gasteiger partial charge in [-0.3, -0.25) is 0 Å². The van der Waals surface area contributed by atoms with E-state index in [-0.39, 0.29) is 6.54 Å². The molecule has 1 aromatic rings. The Labute approximate surface area is 114 Å². The quantitative estimate of drug-likeness (QED) is 0.746. The number of halogens is 3. The van der Waals surface area contributed by atoms with E-state index in [1.54, 1.807) is 0 Å². The first-order valence-corrected chi connectivity index (χ1v) is 7.13. The molecule has 1 aromatic carbocycles. The summed E-state index contributed by atoms with van der Waals surface area (Å²) in [7, 11) is -4.11. The fraction of sp³-hybridized carbons (Fsp3) is 0.455. The molecule has 0 amide bonds. The highest BCUT2D eigenvalue weighted by Crippen LogP contribution is 2.30. The summed E-state index contributed by atoms with van der Waals surface area (Å²) in [6, 6.07) is 2.52. The Balaban J connectivity index is 2.93. The largest absolute Gasteiger partial charge is 0.416 e. The maximum atomic E-state index is 12.5. The lowest BCUT2D eigenvalue weighted by Gasteiger charge is -2.16. The van der Waals surface area contributed by atoms with Crippen molar-refractivity contribution in [2.24, 2.45) is 5.73 Å². The van der Waals surface area contributed by atoms with Crippen molar-refractivity contribution in [3.63, 3.8) is 0 Å². The van der Waals surface area contributed by atoms with Crippen molar-refractivity contribution in [2.75, 3.05) is 6.54 Å². The zero-order chi connectivity index (χ0) is 15.6. The van der Waals surface area contributed by atoms with E-state index in [2.05, 4.69) is 4.72 Å². The van der Waals surface area contributed by atoms with E-state index in [4.69, 9.17) is 10.8 Å². The summed E-state index contributed by atoms with van der Waals surface area (Å²) in [5, 5.41) is 9.13. The number of nitrogens with two attached hydrogens (primary N) is 1. The molecule has 0 aliphatic carbocycles. The molecule has 0 spiro atoms.